The van der Waals surface area contributed by atoms with Crippen LogP contribution in [0.15, 0.2) is 60.8 Å². The fourth-order valence-corrected chi connectivity index (χ4v) is 5.23. The van der Waals surface area contributed by atoms with Crippen molar-refractivity contribution in [3.05, 3.63) is 71.4 Å². The zero-order valence-corrected chi connectivity index (χ0v) is 29.3. The molecule has 10 heteroatoms. The van der Waals surface area contributed by atoms with E-state index in [9.17, 15) is 9.59 Å². The number of anilines is 1. The van der Waals surface area contributed by atoms with E-state index in [1.54, 1.807) is 41.2 Å². The number of methoxy groups -OCH3 is 1. The van der Waals surface area contributed by atoms with Gasteiger partial charge < -0.3 is 14.6 Å². The highest BCUT2D eigenvalue weighted by molar-refractivity contribution is 6.30. The molecule has 0 saturated carbocycles. The highest BCUT2D eigenvalue weighted by Crippen LogP contribution is 2.23. The number of ether oxygens (including phenoxy) is 2. The number of carboxylic acids is 1. The molecule has 0 aliphatic rings. The van der Waals surface area contributed by atoms with E-state index in [0.29, 0.717) is 23.0 Å². The molecular formula is C37H54ClN3O6. The maximum atomic E-state index is 11.9. The monoisotopic (exact) mass is 671 g/mol. The van der Waals surface area contributed by atoms with Gasteiger partial charge in [0.05, 0.1) is 25.6 Å². The lowest BCUT2D eigenvalue weighted by Gasteiger charge is -2.20. The Morgan fingerprint density at radius 3 is 1.87 bits per heavy atom. The zero-order valence-electron chi connectivity index (χ0n) is 28.5. The molecule has 0 unspecified atom stereocenters. The Morgan fingerprint density at radius 1 is 0.787 bits per heavy atom. The third-order valence-electron chi connectivity index (χ3n) is 7.76. The van der Waals surface area contributed by atoms with Crippen LogP contribution in [0.5, 0.6) is 5.88 Å². The van der Waals surface area contributed by atoms with Crippen LogP contribution in [0.25, 0.3) is 5.69 Å². The number of hydrogen-bond acceptors (Lipinski definition) is 6. The molecular weight excluding hydrogens is 618 g/mol. The summed E-state index contributed by atoms with van der Waals surface area (Å²) in [5.74, 6) is -0.207. The quantitative estimate of drug-likeness (QED) is 0.0837. The van der Waals surface area contributed by atoms with Gasteiger partial charge in [-0.15, -0.1) is 5.10 Å². The Bertz CT molecular complexity index is 1270. The van der Waals surface area contributed by atoms with Crippen molar-refractivity contribution in [1.29, 1.82) is 0 Å². The molecule has 9 nitrogen and oxygen atoms in total. The molecule has 0 radical (unpaired) electrons. The van der Waals surface area contributed by atoms with E-state index >= 15 is 0 Å². The largest absolute Gasteiger partial charge is 0.481 e. The molecule has 0 fully saturated rings. The molecule has 1 amide bonds. The van der Waals surface area contributed by atoms with Gasteiger partial charge in [-0.2, -0.15) is 5.06 Å². The van der Waals surface area contributed by atoms with Crippen molar-refractivity contribution >= 4 is 29.4 Å². The van der Waals surface area contributed by atoms with E-state index in [0.717, 1.165) is 29.2 Å². The fraction of sp³-hybridized carbons (Fsp3) is 0.541. The molecule has 0 aliphatic carbocycles. The summed E-state index contributed by atoms with van der Waals surface area (Å²) < 4.78 is 12.2. The van der Waals surface area contributed by atoms with Gasteiger partial charge in [-0.3, -0.25) is 9.63 Å². The summed E-state index contributed by atoms with van der Waals surface area (Å²) in [5, 5.41) is 14.6. The average molecular weight is 672 g/mol. The van der Waals surface area contributed by atoms with Crippen LogP contribution in [0.4, 0.5) is 10.5 Å². The van der Waals surface area contributed by atoms with Gasteiger partial charge in [-0.1, -0.05) is 127 Å². The van der Waals surface area contributed by atoms with Crippen LogP contribution in [0, 0.1) is 0 Å². The molecule has 1 heterocycles. The first-order valence-electron chi connectivity index (χ1n) is 17.1. The predicted molar refractivity (Wildman–Crippen MR) is 188 cm³/mol. The summed E-state index contributed by atoms with van der Waals surface area (Å²) >= 11 is 5.91. The maximum Gasteiger partial charge on any atom is 0.438 e. The van der Waals surface area contributed by atoms with Crippen LogP contribution in [0.2, 0.25) is 5.02 Å². The van der Waals surface area contributed by atoms with Gasteiger partial charge in [0.15, 0.2) is 0 Å². The van der Waals surface area contributed by atoms with E-state index < -0.39 is 12.1 Å². The van der Waals surface area contributed by atoms with Crippen LogP contribution < -0.4 is 9.80 Å². The number of carbonyl (C=O) groups is 2. The zero-order chi connectivity index (χ0) is 34.1. The van der Waals surface area contributed by atoms with Crippen LogP contribution in [0.1, 0.15) is 115 Å². The predicted octanol–water partition coefficient (Wildman–Crippen LogP) is 10.6. The van der Waals surface area contributed by atoms with E-state index in [4.69, 9.17) is 31.0 Å². The minimum absolute atomic E-state index is 0.199. The van der Waals surface area contributed by atoms with Gasteiger partial charge in [0.25, 0.3) is 0 Å². The lowest BCUT2D eigenvalue weighted by molar-refractivity contribution is -0.137. The summed E-state index contributed by atoms with van der Waals surface area (Å²) in [6, 6.07) is 16.3. The Balaban J connectivity index is 0.000000345. The van der Waals surface area contributed by atoms with Crippen LogP contribution in [0.3, 0.4) is 0 Å². The van der Waals surface area contributed by atoms with Crippen LogP contribution in [-0.4, -0.2) is 41.2 Å². The fourth-order valence-electron chi connectivity index (χ4n) is 5.11. The molecule has 0 atom stereocenters. The first-order valence-corrected chi connectivity index (χ1v) is 17.4. The number of amides is 1. The molecule has 1 aromatic heterocycles. The third-order valence-corrected chi connectivity index (χ3v) is 8.01. The topological polar surface area (TPSA) is 103 Å². The van der Waals surface area contributed by atoms with Gasteiger partial charge in [0, 0.05) is 29.3 Å². The van der Waals surface area contributed by atoms with Crippen molar-refractivity contribution in [3.63, 3.8) is 0 Å². The number of carboxylic acid groups (broad SMARTS) is 1. The lowest BCUT2D eigenvalue weighted by atomic mass is 10.0. The van der Waals surface area contributed by atoms with Gasteiger partial charge in [-0.25, -0.2) is 9.48 Å². The smallest absolute Gasteiger partial charge is 0.438 e. The Kier molecular flexibility index (Phi) is 20.7. The summed E-state index contributed by atoms with van der Waals surface area (Å²) in [6.45, 7) is 2.47. The van der Waals surface area contributed by atoms with E-state index in [2.05, 4.69) is 12.0 Å². The normalized spacial score (nSPS) is 10.6. The lowest BCUT2D eigenvalue weighted by Crippen LogP contribution is -2.30. The number of hydrogen-bond donors (Lipinski definition) is 1. The standard InChI is InChI=1S/C19H18ClN3O4.C18H36O2/c1-25-19(24)23(26-2)17-6-4-3-5-14(17)13-27-18-11-12-22(21-18)16-9-7-15(20)8-10-16;1-2-3-4-5-6-7-8-9-10-11-12-13-14-15-16-17-18(19)20/h3-12H,13H2,1-2H3;2-17H2,1H3,(H,19,20). The second-order valence-electron chi connectivity index (χ2n) is 11.5. The summed E-state index contributed by atoms with van der Waals surface area (Å²) in [6.07, 6.45) is 21.4. The van der Waals surface area contributed by atoms with E-state index in [1.807, 2.05) is 24.3 Å². The molecule has 2 aromatic carbocycles. The highest BCUT2D eigenvalue weighted by Gasteiger charge is 2.19. The summed E-state index contributed by atoms with van der Waals surface area (Å²) in [7, 11) is 2.68. The molecule has 47 heavy (non-hydrogen) atoms. The van der Waals surface area contributed by atoms with Gasteiger partial charge in [0.1, 0.15) is 6.61 Å². The Hall–Kier alpha value is -3.56. The van der Waals surface area contributed by atoms with Crippen molar-refractivity contribution in [2.75, 3.05) is 19.3 Å². The van der Waals surface area contributed by atoms with Crippen molar-refractivity contribution in [2.24, 2.45) is 0 Å². The molecule has 0 aliphatic heterocycles. The number of hydroxylamine groups is 1. The molecule has 3 aromatic rings. The Morgan fingerprint density at radius 2 is 1.34 bits per heavy atom. The second-order valence-corrected chi connectivity index (χ2v) is 12.0. The minimum atomic E-state index is -0.653. The number of carbonyl (C=O) groups excluding carboxylic acids is 1. The number of aliphatic carboxylic acids is 1. The van der Waals surface area contributed by atoms with Crippen LogP contribution >= 0.6 is 11.6 Å². The van der Waals surface area contributed by atoms with Crippen molar-refractivity contribution in [1.82, 2.24) is 9.78 Å². The number of para-hydroxylation sites is 1. The number of rotatable bonds is 22. The number of aromatic nitrogens is 2. The first-order chi connectivity index (χ1) is 22.9. The van der Waals surface area contributed by atoms with E-state index in [1.165, 1.54) is 97.7 Å². The average Bonchev–Trinajstić information content (AvgIpc) is 3.56. The van der Waals surface area contributed by atoms with E-state index in [-0.39, 0.29) is 6.61 Å². The van der Waals surface area contributed by atoms with Crippen LogP contribution in [-0.2, 0) is 21.0 Å². The Labute approximate surface area is 286 Å². The SMILES string of the molecule is CCCCCCCCCCCCCCCCCC(=O)O.COC(=O)N(OC)c1ccccc1COc1ccn(-c2ccc(Cl)cc2)n1. The third kappa shape index (κ3) is 16.7. The van der Waals surface area contributed by atoms with Crippen molar-refractivity contribution in [3.8, 4) is 11.6 Å². The number of unbranched alkanes of at least 4 members (excludes halogenated alkanes) is 14. The number of nitrogens with zero attached hydrogens (tertiary/aromatic N) is 3. The number of benzene rings is 2. The summed E-state index contributed by atoms with van der Waals surface area (Å²) in [4.78, 5) is 27.3. The second kappa shape index (κ2) is 24.6. The molecule has 1 N–H and O–H groups in total. The molecule has 0 bridgehead atoms. The number of halogens is 1. The molecule has 260 valence electrons. The molecule has 0 saturated heterocycles. The van der Waals surface area contributed by atoms with Crippen molar-refractivity contribution in [2.45, 2.75) is 116 Å². The molecule has 3 rings (SSSR count). The summed E-state index contributed by atoms with van der Waals surface area (Å²) in [5.41, 5.74) is 2.14. The van der Waals surface area contributed by atoms with Gasteiger partial charge in [0.2, 0.25) is 5.88 Å². The van der Waals surface area contributed by atoms with Crippen molar-refractivity contribution < 1.29 is 29.0 Å². The van der Waals surface area contributed by atoms with Gasteiger partial charge >= 0.3 is 12.1 Å². The minimum Gasteiger partial charge on any atom is -0.481 e. The van der Waals surface area contributed by atoms with Gasteiger partial charge in [-0.05, 0) is 36.8 Å². The first kappa shape index (κ1) is 39.6. The highest BCUT2D eigenvalue weighted by atomic mass is 35.5. The maximum absolute atomic E-state index is 11.9. The molecule has 0 spiro atoms.